The molecule has 1 aromatic heterocycles. The topological polar surface area (TPSA) is 106 Å². The number of rotatable bonds is 6. The van der Waals surface area contributed by atoms with Gasteiger partial charge < -0.3 is 5.11 Å². The van der Waals surface area contributed by atoms with E-state index < -0.39 is 4.92 Å². The van der Waals surface area contributed by atoms with E-state index in [1.54, 1.807) is 17.7 Å². The molecule has 138 valence electrons. The number of nitro groups is 1. The van der Waals surface area contributed by atoms with Gasteiger partial charge >= 0.3 is 5.69 Å². The predicted octanol–water partition coefficient (Wildman–Crippen LogP) is 4.14. The predicted molar refractivity (Wildman–Crippen MR) is 106 cm³/mol. The average Bonchev–Trinajstić information content (AvgIpc) is 3.00. The monoisotopic (exact) mass is 447 g/mol. The van der Waals surface area contributed by atoms with Crippen LogP contribution in [0.2, 0.25) is 0 Å². The Morgan fingerprint density at radius 3 is 2.74 bits per heavy atom. The van der Waals surface area contributed by atoms with Gasteiger partial charge in [0.15, 0.2) is 11.6 Å². The van der Waals surface area contributed by atoms with Crippen molar-refractivity contribution in [2.45, 2.75) is 17.8 Å². The Bertz CT molecular complexity index is 1000. The van der Waals surface area contributed by atoms with E-state index in [4.69, 9.17) is 0 Å². The molecule has 3 rings (SSSR count). The second kappa shape index (κ2) is 8.31. The number of hydrogen-bond acceptors (Lipinski definition) is 7. The van der Waals surface area contributed by atoms with Crippen molar-refractivity contribution in [3.63, 3.8) is 0 Å². The number of aromatic hydroxyl groups is 1. The van der Waals surface area contributed by atoms with Gasteiger partial charge in [0, 0.05) is 21.9 Å². The molecule has 0 unspecified atom stereocenters. The van der Waals surface area contributed by atoms with Crippen LogP contribution in [0.1, 0.15) is 17.0 Å². The molecule has 0 atom stereocenters. The van der Waals surface area contributed by atoms with Crippen LogP contribution in [0.15, 0.2) is 57.2 Å². The van der Waals surface area contributed by atoms with Crippen LogP contribution in [0.3, 0.4) is 0 Å². The fraction of sp³-hybridized carbons (Fsp3) is 0.118. The Morgan fingerprint density at radius 1 is 1.30 bits per heavy atom. The molecule has 27 heavy (non-hydrogen) atoms. The Hall–Kier alpha value is -2.72. The maximum atomic E-state index is 10.9. The molecule has 0 aliphatic carbocycles. The molecule has 0 fully saturated rings. The molecular weight excluding hydrogens is 434 g/mol. The van der Waals surface area contributed by atoms with Crippen LogP contribution >= 0.6 is 27.7 Å². The van der Waals surface area contributed by atoms with E-state index in [0.29, 0.717) is 22.3 Å². The van der Waals surface area contributed by atoms with E-state index in [1.807, 2.05) is 24.3 Å². The first-order valence-electron chi connectivity index (χ1n) is 7.75. The maximum absolute atomic E-state index is 10.9. The van der Waals surface area contributed by atoms with Crippen LogP contribution < -0.4 is 0 Å². The number of halogens is 1. The summed E-state index contributed by atoms with van der Waals surface area (Å²) in [5.41, 5.74) is 1.24. The summed E-state index contributed by atoms with van der Waals surface area (Å²) in [6.07, 6.45) is 1.46. The van der Waals surface area contributed by atoms with Gasteiger partial charge in [0.2, 0.25) is 5.16 Å². The van der Waals surface area contributed by atoms with Crippen molar-refractivity contribution in [2.24, 2.45) is 5.10 Å². The van der Waals surface area contributed by atoms with E-state index in [1.165, 1.54) is 30.1 Å². The number of phenolic OH excluding ortho intramolecular Hbond substituents is 1. The number of benzene rings is 2. The van der Waals surface area contributed by atoms with Crippen LogP contribution in [-0.2, 0) is 5.75 Å². The van der Waals surface area contributed by atoms with E-state index in [0.717, 1.165) is 10.0 Å². The molecule has 10 heteroatoms. The molecule has 0 radical (unpaired) electrons. The Balaban J connectivity index is 1.78. The van der Waals surface area contributed by atoms with Crippen LogP contribution in [0, 0.1) is 17.0 Å². The number of nitrogens with zero attached hydrogens (tertiary/aromatic N) is 5. The molecule has 2 aromatic carbocycles. The number of hydrogen-bond donors (Lipinski definition) is 1. The molecule has 8 nitrogen and oxygen atoms in total. The number of phenols is 1. The summed E-state index contributed by atoms with van der Waals surface area (Å²) in [5.74, 6) is 0.909. The first-order chi connectivity index (χ1) is 12.9. The van der Waals surface area contributed by atoms with Crippen LogP contribution in [0.4, 0.5) is 5.69 Å². The molecule has 3 aromatic rings. The lowest BCUT2D eigenvalue weighted by atomic mass is 10.2. The molecule has 0 spiro atoms. The fourth-order valence-corrected chi connectivity index (χ4v) is 3.33. The van der Waals surface area contributed by atoms with Gasteiger partial charge in [-0.25, -0.2) is 0 Å². The molecule has 0 bridgehead atoms. The molecule has 0 saturated carbocycles. The Kier molecular flexibility index (Phi) is 5.87. The van der Waals surface area contributed by atoms with Crippen molar-refractivity contribution in [1.82, 2.24) is 14.9 Å². The van der Waals surface area contributed by atoms with Gasteiger partial charge in [-0.3, -0.25) is 10.1 Å². The van der Waals surface area contributed by atoms with Crippen LogP contribution in [0.25, 0.3) is 0 Å². The maximum Gasteiger partial charge on any atom is 0.311 e. The van der Waals surface area contributed by atoms with Gasteiger partial charge in [-0.15, -0.1) is 10.2 Å². The van der Waals surface area contributed by atoms with Crippen molar-refractivity contribution in [1.29, 1.82) is 0 Å². The van der Waals surface area contributed by atoms with E-state index in [9.17, 15) is 15.2 Å². The summed E-state index contributed by atoms with van der Waals surface area (Å²) in [5, 5.41) is 33.5. The highest BCUT2D eigenvalue weighted by Crippen LogP contribution is 2.26. The number of aromatic nitrogens is 3. The quantitative estimate of drug-likeness (QED) is 0.263. The summed E-state index contributed by atoms with van der Waals surface area (Å²) in [7, 11) is 0. The zero-order valence-corrected chi connectivity index (χ0v) is 16.5. The first-order valence-corrected chi connectivity index (χ1v) is 9.53. The molecule has 0 amide bonds. The van der Waals surface area contributed by atoms with Gasteiger partial charge in [0.05, 0.1) is 11.1 Å². The highest BCUT2D eigenvalue weighted by molar-refractivity contribution is 9.10. The zero-order valence-electron chi connectivity index (χ0n) is 14.1. The van der Waals surface area contributed by atoms with Crippen molar-refractivity contribution >= 4 is 39.6 Å². The van der Waals surface area contributed by atoms with Crippen LogP contribution in [-0.4, -0.2) is 31.1 Å². The molecule has 1 N–H and O–H groups in total. The van der Waals surface area contributed by atoms with Gasteiger partial charge in [-0.2, -0.15) is 9.78 Å². The minimum Gasteiger partial charge on any atom is -0.502 e. The lowest BCUT2D eigenvalue weighted by molar-refractivity contribution is -0.385. The molecule has 0 aliphatic rings. The van der Waals surface area contributed by atoms with E-state index in [-0.39, 0.29) is 11.4 Å². The summed E-state index contributed by atoms with van der Waals surface area (Å²) < 4.78 is 2.59. The molecule has 0 saturated heterocycles. The lowest BCUT2D eigenvalue weighted by Gasteiger charge is -2.03. The average molecular weight is 448 g/mol. The second-order valence-corrected chi connectivity index (χ2v) is 7.36. The summed E-state index contributed by atoms with van der Waals surface area (Å²) in [6, 6.07) is 12.0. The molecular formula is C17H14BrN5O3S. The van der Waals surface area contributed by atoms with Crippen molar-refractivity contribution in [3.8, 4) is 5.75 Å². The van der Waals surface area contributed by atoms with Gasteiger partial charge in [0.1, 0.15) is 0 Å². The molecule has 0 aliphatic heterocycles. The van der Waals surface area contributed by atoms with Crippen LogP contribution in [0.5, 0.6) is 5.75 Å². The number of aryl methyl sites for hydroxylation is 1. The SMILES string of the molecule is Cc1nnc(SCc2ccc(Br)cc2)n1/N=C/c1ccc(O)c([N+](=O)[O-])c1. The smallest absolute Gasteiger partial charge is 0.311 e. The standard InChI is InChI=1S/C17H14BrN5O3S/c1-11-20-21-17(27-10-12-2-5-14(18)6-3-12)22(11)19-9-13-4-7-16(24)15(8-13)23(25)26/h2-9,24H,10H2,1H3/b19-9+. The minimum atomic E-state index is -0.643. The minimum absolute atomic E-state index is 0.371. The fourth-order valence-electron chi connectivity index (χ4n) is 2.18. The highest BCUT2D eigenvalue weighted by Gasteiger charge is 2.13. The summed E-state index contributed by atoms with van der Waals surface area (Å²) in [6.45, 7) is 1.77. The third-order valence-electron chi connectivity index (χ3n) is 3.57. The van der Waals surface area contributed by atoms with Crippen molar-refractivity contribution in [2.75, 3.05) is 0 Å². The largest absolute Gasteiger partial charge is 0.502 e. The third kappa shape index (κ3) is 4.72. The Labute approximate surface area is 167 Å². The summed E-state index contributed by atoms with van der Waals surface area (Å²) >= 11 is 4.89. The van der Waals surface area contributed by atoms with Gasteiger partial charge in [0.25, 0.3) is 0 Å². The Morgan fingerprint density at radius 2 is 2.04 bits per heavy atom. The number of thioether (sulfide) groups is 1. The second-order valence-electron chi connectivity index (χ2n) is 5.51. The lowest BCUT2D eigenvalue weighted by Crippen LogP contribution is -1.97. The summed E-state index contributed by atoms with van der Waals surface area (Å²) in [4.78, 5) is 10.3. The first kappa shape index (κ1) is 19.1. The van der Waals surface area contributed by atoms with Crippen molar-refractivity contribution in [3.05, 3.63) is 74.0 Å². The third-order valence-corrected chi connectivity index (χ3v) is 5.09. The highest BCUT2D eigenvalue weighted by atomic mass is 79.9. The van der Waals surface area contributed by atoms with E-state index >= 15 is 0 Å². The zero-order chi connectivity index (χ0) is 19.4. The van der Waals surface area contributed by atoms with E-state index in [2.05, 4.69) is 31.2 Å². The molecule has 1 heterocycles. The van der Waals surface area contributed by atoms with Crippen molar-refractivity contribution < 1.29 is 10.0 Å². The normalized spacial score (nSPS) is 11.2. The van der Waals surface area contributed by atoms with Gasteiger partial charge in [-0.05, 0) is 36.8 Å². The van der Waals surface area contributed by atoms with Gasteiger partial charge in [-0.1, -0.05) is 39.8 Å². The number of nitro benzene ring substituents is 1.